The topological polar surface area (TPSA) is 81.1 Å². The van der Waals surface area contributed by atoms with Crippen LogP contribution in [0.15, 0.2) is 96.0 Å². The van der Waals surface area contributed by atoms with Gasteiger partial charge in [-0.25, -0.2) is 8.42 Å². The first-order valence-electron chi connectivity index (χ1n) is 9.73. The van der Waals surface area contributed by atoms with E-state index in [0.29, 0.717) is 29.1 Å². The molecule has 0 atom stereocenters. The second-order valence-corrected chi connectivity index (χ2v) is 8.78. The molecule has 0 amide bonds. The van der Waals surface area contributed by atoms with Gasteiger partial charge in [0.15, 0.2) is 5.78 Å². The van der Waals surface area contributed by atoms with Crippen molar-refractivity contribution in [3.8, 4) is 11.3 Å². The van der Waals surface area contributed by atoms with Crippen LogP contribution < -0.4 is 4.72 Å². The number of hydrogen-bond donors (Lipinski definition) is 1. The molecule has 0 unspecified atom stereocenters. The average molecular weight is 432 g/mol. The number of sulfonamides is 1. The summed E-state index contributed by atoms with van der Waals surface area (Å²) in [5.41, 5.74) is 2.83. The van der Waals surface area contributed by atoms with Crippen LogP contribution >= 0.6 is 0 Å². The predicted octanol–water partition coefficient (Wildman–Crippen LogP) is 4.60. The summed E-state index contributed by atoms with van der Waals surface area (Å²) in [5, 5.41) is 4.57. The number of rotatable bonds is 7. The maximum Gasteiger partial charge on any atom is 0.265 e. The van der Waals surface area contributed by atoms with E-state index >= 15 is 0 Å². The molecule has 0 spiro atoms. The van der Waals surface area contributed by atoms with Gasteiger partial charge in [-0.15, -0.1) is 0 Å². The summed E-state index contributed by atoms with van der Waals surface area (Å²) in [5.74, 6) is -0.137. The molecule has 1 aromatic heterocycles. The molecule has 0 fully saturated rings. The van der Waals surface area contributed by atoms with E-state index in [9.17, 15) is 13.2 Å². The molecule has 0 aliphatic heterocycles. The lowest BCUT2D eigenvalue weighted by Crippen LogP contribution is -2.13. The summed E-state index contributed by atoms with van der Waals surface area (Å²) in [4.78, 5) is 11.7. The summed E-state index contributed by atoms with van der Waals surface area (Å²) >= 11 is 0. The van der Waals surface area contributed by atoms with Crippen molar-refractivity contribution >= 4 is 21.5 Å². The number of ketones is 1. The quantitative estimate of drug-likeness (QED) is 0.434. The molecular formula is C24H21N3O3S. The third kappa shape index (κ3) is 4.73. The number of nitrogens with zero attached hydrogens (tertiary/aromatic N) is 2. The Morgan fingerprint density at radius 3 is 2.29 bits per heavy atom. The summed E-state index contributed by atoms with van der Waals surface area (Å²) in [7, 11) is -3.95. The first kappa shape index (κ1) is 20.6. The van der Waals surface area contributed by atoms with E-state index in [4.69, 9.17) is 0 Å². The molecule has 1 N–H and O–H groups in total. The van der Waals surface area contributed by atoms with Crippen LogP contribution in [-0.4, -0.2) is 24.0 Å². The fraction of sp³-hybridized carbons (Fsp3) is 0.0833. The van der Waals surface area contributed by atoms with E-state index < -0.39 is 10.0 Å². The third-order valence-electron chi connectivity index (χ3n) is 4.77. The number of nitrogens with one attached hydrogen (secondary N) is 1. The van der Waals surface area contributed by atoms with Gasteiger partial charge in [-0.1, -0.05) is 72.8 Å². The zero-order valence-electron chi connectivity index (χ0n) is 16.9. The van der Waals surface area contributed by atoms with E-state index in [1.165, 1.54) is 19.2 Å². The van der Waals surface area contributed by atoms with E-state index in [0.717, 1.165) is 5.56 Å². The van der Waals surface area contributed by atoms with Crippen molar-refractivity contribution in [1.29, 1.82) is 0 Å². The fourth-order valence-electron chi connectivity index (χ4n) is 3.26. The lowest BCUT2D eigenvalue weighted by molar-refractivity contribution is 0.101. The summed E-state index contributed by atoms with van der Waals surface area (Å²) in [6.07, 6.45) is 1.53. The minimum Gasteiger partial charge on any atom is -0.295 e. The van der Waals surface area contributed by atoms with Gasteiger partial charge in [-0.2, -0.15) is 5.10 Å². The molecule has 0 radical (unpaired) electrons. The van der Waals surface area contributed by atoms with Gasteiger partial charge >= 0.3 is 0 Å². The van der Waals surface area contributed by atoms with Gasteiger partial charge in [0.2, 0.25) is 0 Å². The molecule has 4 aromatic rings. The van der Waals surface area contributed by atoms with Crippen molar-refractivity contribution in [3.63, 3.8) is 0 Å². The SMILES string of the molecule is CC(=O)c1cccc(NS(=O)(=O)c2cn(Cc3ccccc3)nc2-c2ccccc2)c1. The smallest absolute Gasteiger partial charge is 0.265 e. The van der Waals surface area contributed by atoms with Crippen molar-refractivity contribution < 1.29 is 13.2 Å². The first-order chi connectivity index (χ1) is 14.9. The Labute approximate surface area is 181 Å². The Bertz CT molecular complexity index is 1310. The molecule has 4 rings (SSSR count). The van der Waals surface area contributed by atoms with Crippen LogP contribution in [0.5, 0.6) is 0 Å². The van der Waals surface area contributed by atoms with Crippen LogP contribution in [0.3, 0.4) is 0 Å². The molecule has 31 heavy (non-hydrogen) atoms. The van der Waals surface area contributed by atoms with Crippen LogP contribution in [-0.2, 0) is 16.6 Å². The molecule has 156 valence electrons. The Balaban J connectivity index is 1.74. The third-order valence-corrected chi connectivity index (χ3v) is 6.16. The van der Waals surface area contributed by atoms with Crippen molar-refractivity contribution in [2.24, 2.45) is 0 Å². The van der Waals surface area contributed by atoms with E-state index in [1.807, 2.05) is 60.7 Å². The Hall–Kier alpha value is -3.71. The maximum atomic E-state index is 13.3. The van der Waals surface area contributed by atoms with Crippen LogP contribution in [0.2, 0.25) is 0 Å². The van der Waals surface area contributed by atoms with Crippen molar-refractivity contribution in [2.75, 3.05) is 4.72 Å². The number of Topliss-reactive ketones (excluding diaryl/α,β-unsaturated/α-hetero) is 1. The summed E-state index contributed by atoms with van der Waals surface area (Å²) in [6.45, 7) is 1.88. The van der Waals surface area contributed by atoms with Crippen LogP contribution in [0.25, 0.3) is 11.3 Å². The molecule has 0 saturated carbocycles. The van der Waals surface area contributed by atoms with Crippen molar-refractivity contribution in [2.45, 2.75) is 18.4 Å². The molecule has 0 aliphatic carbocycles. The molecular weight excluding hydrogens is 410 g/mol. The second-order valence-electron chi connectivity index (χ2n) is 7.13. The molecule has 6 nitrogen and oxygen atoms in total. The number of carbonyl (C=O) groups is 1. The zero-order chi connectivity index (χ0) is 21.8. The fourth-order valence-corrected chi connectivity index (χ4v) is 4.48. The lowest BCUT2D eigenvalue weighted by Gasteiger charge is -2.09. The second kappa shape index (κ2) is 8.57. The molecule has 1 heterocycles. The van der Waals surface area contributed by atoms with E-state index in [-0.39, 0.29) is 10.7 Å². The van der Waals surface area contributed by atoms with Gasteiger partial charge in [-0.05, 0) is 24.6 Å². The molecule has 0 saturated heterocycles. The average Bonchev–Trinajstić information content (AvgIpc) is 3.20. The number of carbonyl (C=O) groups excluding carboxylic acids is 1. The highest BCUT2D eigenvalue weighted by atomic mass is 32.2. The number of aromatic nitrogens is 2. The van der Waals surface area contributed by atoms with Gasteiger partial charge in [0.1, 0.15) is 10.6 Å². The highest BCUT2D eigenvalue weighted by Gasteiger charge is 2.24. The summed E-state index contributed by atoms with van der Waals surface area (Å²) < 4.78 is 30.8. The Morgan fingerprint density at radius 2 is 1.61 bits per heavy atom. The zero-order valence-corrected chi connectivity index (χ0v) is 17.7. The normalized spacial score (nSPS) is 11.3. The highest BCUT2D eigenvalue weighted by Crippen LogP contribution is 2.28. The van der Waals surface area contributed by atoms with Gasteiger partial charge < -0.3 is 0 Å². The Morgan fingerprint density at radius 1 is 0.935 bits per heavy atom. The minimum absolute atomic E-state index is 0.0721. The molecule has 0 aliphatic rings. The van der Waals surface area contributed by atoms with Crippen LogP contribution in [0, 0.1) is 0 Å². The minimum atomic E-state index is -3.95. The largest absolute Gasteiger partial charge is 0.295 e. The monoisotopic (exact) mass is 431 g/mol. The molecule has 7 heteroatoms. The van der Waals surface area contributed by atoms with E-state index in [2.05, 4.69) is 9.82 Å². The van der Waals surface area contributed by atoms with Crippen molar-refractivity contribution in [1.82, 2.24) is 9.78 Å². The van der Waals surface area contributed by atoms with Gasteiger partial charge in [0, 0.05) is 23.0 Å². The summed E-state index contributed by atoms with van der Waals surface area (Å²) in [6, 6.07) is 25.3. The highest BCUT2D eigenvalue weighted by molar-refractivity contribution is 7.92. The van der Waals surface area contributed by atoms with Crippen LogP contribution in [0.4, 0.5) is 5.69 Å². The van der Waals surface area contributed by atoms with E-state index in [1.54, 1.807) is 22.9 Å². The van der Waals surface area contributed by atoms with Crippen molar-refractivity contribution in [3.05, 3.63) is 102 Å². The molecule has 0 bridgehead atoms. The maximum absolute atomic E-state index is 13.3. The number of benzene rings is 3. The van der Waals surface area contributed by atoms with Gasteiger partial charge in [0.25, 0.3) is 10.0 Å². The van der Waals surface area contributed by atoms with Gasteiger partial charge in [0.05, 0.1) is 6.54 Å². The van der Waals surface area contributed by atoms with Gasteiger partial charge in [-0.3, -0.25) is 14.2 Å². The number of hydrogen-bond acceptors (Lipinski definition) is 4. The number of anilines is 1. The lowest BCUT2D eigenvalue weighted by atomic mass is 10.1. The Kier molecular flexibility index (Phi) is 5.68. The predicted molar refractivity (Wildman–Crippen MR) is 120 cm³/mol. The standard InChI is InChI=1S/C24H21N3O3S/c1-18(28)21-13-8-14-22(15-21)26-31(29,30)23-17-27(16-19-9-4-2-5-10-19)25-24(23)20-11-6-3-7-12-20/h2-15,17,26H,16H2,1H3. The van der Waals surface area contributed by atoms with Crippen LogP contribution in [0.1, 0.15) is 22.8 Å². The molecule has 3 aromatic carbocycles. The first-order valence-corrected chi connectivity index (χ1v) is 11.2.